The van der Waals surface area contributed by atoms with Gasteiger partial charge in [-0.3, -0.25) is 9.59 Å². The van der Waals surface area contributed by atoms with Crippen LogP contribution in [0, 0.1) is 0 Å². The van der Waals surface area contributed by atoms with Crippen LogP contribution in [0.2, 0.25) is 0 Å². The van der Waals surface area contributed by atoms with Crippen LogP contribution in [0.25, 0.3) is 0 Å². The number of nitrogens with one attached hydrogen (secondary N) is 3. The van der Waals surface area contributed by atoms with Gasteiger partial charge in [0.15, 0.2) is 0 Å². The first-order valence-corrected chi connectivity index (χ1v) is 6.50. The highest BCUT2D eigenvalue weighted by Crippen LogP contribution is 2.13. The smallest absolute Gasteiger partial charge is 0.444 e. The van der Waals surface area contributed by atoms with Gasteiger partial charge in [0.1, 0.15) is 5.60 Å². The van der Waals surface area contributed by atoms with Gasteiger partial charge in [-0.2, -0.15) is 13.2 Å². The van der Waals surface area contributed by atoms with Crippen molar-refractivity contribution < 1.29 is 32.3 Å². The molecule has 0 saturated carbocycles. The molecular formula is C12H20F3N3O4. The molecule has 0 aliphatic carbocycles. The summed E-state index contributed by atoms with van der Waals surface area (Å²) in [5.41, 5.74) is -0.683. The summed E-state index contributed by atoms with van der Waals surface area (Å²) in [5.74, 6) is -2.54. The van der Waals surface area contributed by atoms with Gasteiger partial charge in [0.25, 0.3) is 0 Å². The van der Waals surface area contributed by atoms with E-state index in [1.807, 2.05) is 0 Å². The summed E-state index contributed by atoms with van der Waals surface area (Å²) in [7, 11) is 0. The molecule has 0 saturated heterocycles. The van der Waals surface area contributed by atoms with E-state index in [9.17, 15) is 27.6 Å². The van der Waals surface area contributed by atoms with Crippen LogP contribution in [0.4, 0.5) is 18.0 Å². The number of hydrogen-bond donors (Lipinski definition) is 3. The summed E-state index contributed by atoms with van der Waals surface area (Å²) >= 11 is 0. The van der Waals surface area contributed by atoms with Gasteiger partial charge >= 0.3 is 18.2 Å². The van der Waals surface area contributed by atoms with Crippen molar-refractivity contribution in [1.29, 1.82) is 0 Å². The number of carbonyl (C=O) groups is 3. The number of alkyl carbamates (subject to hydrolysis) is 1. The third kappa shape index (κ3) is 10.7. The third-order valence-corrected chi connectivity index (χ3v) is 2.01. The largest absolute Gasteiger partial charge is 0.471 e. The Morgan fingerprint density at radius 3 is 2.00 bits per heavy atom. The molecule has 0 aromatic heterocycles. The molecule has 3 amide bonds. The molecule has 128 valence electrons. The maximum absolute atomic E-state index is 11.8. The van der Waals surface area contributed by atoms with Crippen molar-refractivity contribution in [1.82, 2.24) is 16.0 Å². The molecule has 10 heteroatoms. The zero-order chi connectivity index (χ0) is 17.4. The van der Waals surface area contributed by atoms with E-state index in [-0.39, 0.29) is 26.1 Å². The minimum absolute atomic E-state index is 0.0625. The highest BCUT2D eigenvalue weighted by atomic mass is 19.4. The summed E-state index contributed by atoms with van der Waals surface area (Å²) in [6.07, 6.45) is -5.54. The van der Waals surface area contributed by atoms with Crippen LogP contribution in [-0.4, -0.2) is 49.3 Å². The first-order chi connectivity index (χ1) is 9.92. The summed E-state index contributed by atoms with van der Waals surface area (Å²) in [5, 5.41) is 6.27. The van der Waals surface area contributed by atoms with E-state index in [0.717, 1.165) is 0 Å². The van der Waals surface area contributed by atoms with Crippen LogP contribution in [0.3, 0.4) is 0 Å². The maximum atomic E-state index is 11.8. The van der Waals surface area contributed by atoms with Gasteiger partial charge in [-0.1, -0.05) is 0 Å². The van der Waals surface area contributed by atoms with Crippen LogP contribution >= 0.6 is 0 Å². The second-order valence-corrected chi connectivity index (χ2v) is 5.31. The molecule has 3 N–H and O–H groups in total. The van der Waals surface area contributed by atoms with Crippen LogP contribution in [-0.2, 0) is 14.3 Å². The van der Waals surface area contributed by atoms with Crippen molar-refractivity contribution in [2.24, 2.45) is 0 Å². The summed E-state index contributed by atoms with van der Waals surface area (Å²) in [6.45, 7) is 4.53. The molecule has 0 aliphatic rings. The summed E-state index contributed by atoms with van der Waals surface area (Å²) in [6, 6.07) is 0. The van der Waals surface area contributed by atoms with Gasteiger partial charge in [0.2, 0.25) is 5.91 Å². The average molecular weight is 327 g/mol. The van der Waals surface area contributed by atoms with Crippen molar-refractivity contribution in [2.75, 3.05) is 19.6 Å². The van der Waals surface area contributed by atoms with E-state index in [2.05, 4.69) is 10.6 Å². The first kappa shape index (κ1) is 20.0. The zero-order valence-electron chi connectivity index (χ0n) is 12.6. The predicted molar refractivity (Wildman–Crippen MR) is 70.9 cm³/mol. The zero-order valence-corrected chi connectivity index (χ0v) is 12.6. The fraction of sp³-hybridized carbons (Fsp3) is 0.750. The molecule has 7 nitrogen and oxygen atoms in total. The quantitative estimate of drug-likeness (QED) is 0.626. The molecular weight excluding hydrogens is 307 g/mol. The standard InChI is InChI=1S/C12H20F3N3O4/c1-11(2,3)22-10(21)18-7-8(19)16-5-4-6-17-9(20)12(13,14)15/h4-7H2,1-3H3,(H,16,19)(H,17,20)(H,18,21). The lowest BCUT2D eigenvalue weighted by molar-refractivity contribution is -0.173. The highest BCUT2D eigenvalue weighted by Gasteiger charge is 2.38. The molecule has 0 aliphatic heterocycles. The molecule has 0 radical (unpaired) electrons. The Morgan fingerprint density at radius 2 is 1.50 bits per heavy atom. The molecule has 0 bridgehead atoms. The van der Waals surface area contributed by atoms with Crippen molar-refractivity contribution in [3.63, 3.8) is 0 Å². The van der Waals surface area contributed by atoms with Crippen molar-refractivity contribution in [2.45, 2.75) is 39.0 Å². The van der Waals surface area contributed by atoms with Crippen LogP contribution in [0.15, 0.2) is 0 Å². The van der Waals surface area contributed by atoms with Crippen LogP contribution in [0.5, 0.6) is 0 Å². The van der Waals surface area contributed by atoms with Crippen molar-refractivity contribution in [3.8, 4) is 0 Å². The Labute approximate surface area is 125 Å². The molecule has 0 aromatic carbocycles. The molecule has 0 atom stereocenters. The predicted octanol–water partition coefficient (Wildman–Crippen LogP) is 0.696. The van der Waals surface area contributed by atoms with E-state index < -0.39 is 29.7 Å². The minimum Gasteiger partial charge on any atom is -0.444 e. The lowest BCUT2D eigenvalue weighted by Gasteiger charge is -2.19. The van der Waals surface area contributed by atoms with E-state index in [4.69, 9.17) is 4.74 Å². The third-order valence-electron chi connectivity index (χ3n) is 2.01. The summed E-state index contributed by atoms with van der Waals surface area (Å²) < 4.78 is 40.4. The fourth-order valence-corrected chi connectivity index (χ4v) is 1.15. The number of carbonyl (C=O) groups excluding carboxylic acids is 3. The van der Waals surface area contributed by atoms with E-state index >= 15 is 0 Å². The molecule has 0 spiro atoms. The van der Waals surface area contributed by atoms with Gasteiger partial charge in [-0.25, -0.2) is 4.79 Å². The van der Waals surface area contributed by atoms with Crippen molar-refractivity contribution >= 4 is 17.9 Å². The lowest BCUT2D eigenvalue weighted by Crippen LogP contribution is -2.41. The molecule has 0 unspecified atom stereocenters. The Bertz CT molecular complexity index is 405. The minimum atomic E-state index is -4.92. The number of hydrogen-bond acceptors (Lipinski definition) is 4. The SMILES string of the molecule is CC(C)(C)OC(=O)NCC(=O)NCCCNC(=O)C(F)(F)F. The van der Waals surface area contributed by atoms with Gasteiger partial charge < -0.3 is 20.7 Å². The van der Waals surface area contributed by atoms with Gasteiger partial charge in [0, 0.05) is 13.1 Å². The summed E-state index contributed by atoms with van der Waals surface area (Å²) in [4.78, 5) is 33.0. The van der Waals surface area contributed by atoms with Crippen LogP contribution < -0.4 is 16.0 Å². The monoisotopic (exact) mass is 327 g/mol. The van der Waals surface area contributed by atoms with Gasteiger partial charge in [-0.05, 0) is 27.2 Å². The fourth-order valence-electron chi connectivity index (χ4n) is 1.15. The molecule has 0 aromatic rings. The number of amides is 3. The van der Waals surface area contributed by atoms with Crippen LogP contribution in [0.1, 0.15) is 27.2 Å². The van der Waals surface area contributed by atoms with E-state index in [0.29, 0.717) is 0 Å². The Morgan fingerprint density at radius 1 is 0.955 bits per heavy atom. The number of alkyl halides is 3. The number of halogens is 3. The number of rotatable bonds is 6. The Hall–Kier alpha value is -2.00. The first-order valence-electron chi connectivity index (χ1n) is 6.50. The molecule has 22 heavy (non-hydrogen) atoms. The van der Waals surface area contributed by atoms with Crippen molar-refractivity contribution in [3.05, 3.63) is 0 Å². The molecule has 0 fully saturated rings. The highest BCUT2D eigenvalue weighted by molar-refractivity contribution is 5.82. The van der Waals surface area contributed by atoms with E-state index in [1.165, 1.54) is 0 Å². The van der Waals surface area contributed by atoms with Gasteiger partial charge in [-0.15, -0.1) is 0 Å². The average Bonchev–Trinajstić information content (AvgIpc) is 2.32. The number of ether oxygens (including phenoxy) is 1. The molecule has 0 heterocycles. The Balaban J connectivity index is 3.71. The maximum Gasteiger partial charge on any atom is 0.471 e. The topological polar surface area (TPSA) is 96.5 Å². The molecule has 0 rings (SSSR count). The second kappa shape index (κ2) is 8.44. The lowest BCUT2D eigenvalue weighted by atomic mass is 10.2. The van der Waals surface area contributed by atoms with Gasteiger partial charge in [0.05, 0.1) is 6.54 Å². The second-order valence-electron chi connectivity index (χ2n) is 5.31. The normalized spacial score (nSPS) is 11.5. The van der Waals surface area contributed by atoms with E-state index in [1.54, 1.807) is 26.1 Å². The Kier molecular flexibility index (Phi) is 7.68.